The van der Waals surface area contributed by atoms with Crippen molar-refractivity contribution in [3.63, 3.8) is 0 Å². The number of carbonyl (C=O) groups excluding carboxylic acids is 2. The van der Waals surface area contributed by atoms with Gasteiger partial charge >= 0.3 is 6.03 Å². The van der Waals surface area contributed by atoms with Gasteiger partial charge in [-0.25, -0.2) is 4.79 Å². The smallest absolute Gasteiger partial charge is 0.314 e. The number of likely N-dealkylation sites (tertiary alicyclic amines) is 2. The highest BCUT2D eigenvalue weighted by atomic mass is 32.1. The van der Waals surface area contributed by atoms with E-state index in [0.29, 0.717) is 13.1 Å². The van der Waals surface area contributed by atoms with Gasteiger partial charge in [-0.2, -0.15) is 0 Å². The zero-order valence-electron chi connectivity index (χ0n) is 12.0. The minimum atomic E-state index is -0.413. The van der Waals surface area contributed by atoms with E-state index >= 15 is 0 Å². The van der Waals surface area contributed by atoms with Gasteiger partial charge < -0.3 is 15.5 Å². The molecule has 2 unspecified atom stereocenters. The second-order valence-electron chi connectivity index (χ2n) is 5.83. The second-order valence-corrected chi connectivity index (χ2v) is 6.81. The number of hydrogen-bond donors (Lipinski definition) is 1. The van der Waals surface area contributed by atoms with E-state index < -0.39 is 6.03 Å². The van der Waals surface area contributed by atoms with Gasteiger partial charge in [0.05, 0.1) is 12.0 Å². The van der Waals surface area contributed by atoms with Crippen molar-refractivity contribution in [2.24, 2.45) is 11.7 Å². The third-order valence-corrected chi connectivity index (χ3v) is 5.46. The molecule has 3 amide bonds. The minimum absolute atomic E-state index is 0.0909. The van der Waals surface area contributed by atoms with Gasteiger partial charge in [0.15, 0.2) is 0 Å². The topological polar surface area (TPSA) is 66.6 Å². The molecule has 0 aliphatic carbocycles. The first-order chi connectivity index (χ1) is 10.2. The maximum atomic E-state index is 12.8. The number of piperidine rings is 1. The Labute approximate surface area is 128 Å². The van der Waals surface area contributed by atoms with Crippen LogP contribution in [0.4, 0.5) is 4.79 Å². The fourth-order valence-electron chi connectivity index (χ4n) is 3.42. The lowest BCUT2D eigenvalue weighted by molar-refractivity contribution is -0.137. The highest BCUT2D eigenvalue weighted by Gasteiger charge is 2.36. The molecule has 2 aliphatic rings. The number of nitrogens with two attached hydrogens (primary N) is 1. The van der Waals surface area contributed by atoms with Gasteiger partial charge in [-0.15, -0.1) is 11.3 Å². The molecule has 1 aromatic rings. The number of thiophene rings is 1. The molecule has 21 heavy (non-hydrogen) atoms. The first-order valence-electron chi connectivity index (χ1n) is 7.55. The van der Waals surface area contributed by atoms with Crippen LogP contribution in [0.2, 0.25) is 0 Å². The van der Waals surface area contributed by atoms with Crippen molar-refractivity contribution in [3.05, 3.63) is 22.4 Å². The minimum Gasteiger partial charge on any atom is -0.351 e. The van der Waals surface area contributed by atoms with E-state index in [9.17, 15) is 9.59 Å². The molecule has 114 valence electrons. The van der Waals surface area contributed by atoms with Crippen LogP contribution < -0.4 is 5.73 Å². The van der Waals surface area contributed by atoms with Crippen molar-refractivity contribution in [2.45, 2.75) is 31.7 Å². The molecule has 5 nitrogen and oxygen atoms in total. The molecule has 0 spiro atoms. The van der Waals surface area contributed by atoms with E-state index in [4.69, 9.17) is 5.73 Å². The van der Waals surface area contributed by atoms with Crippen molar-refractivity contribution < 1.29 is 9.59 Å². The van der Waals surface area contributed by atoms with Crippen LogP contribution >= 0.6 is 11.3 Å². The normalized spacial score (nSPS) is 26.1. The lowest BCUT2D eigenvalue weighted by Crippen LogP contribution is -2.48. The molecule has 2 fully saturated rings. The Morgan fingerprint density at radius 2 is 2.05 bits per heavy atom. The fourth-order valence-corrected chi connectivity index (χ4v) is 4.29. The summed E-state index contributed by atoms with van der Waals surface area (Å²) in [6, 6.07) is 3.96. The van der Waals surface area contributed by atoms with E-state index in [0.717, 1.165) is 32.2 Å². The molecular weight excluding hydrogens is 286 g/mol. The van der Waals surface area contributed by atoms with Crippen LogP contribution in [0.3, 0.4) is 0 Å². The van der Waals surface area contributed by atoms with Crippen molar-refractivity contribution in [1.82, 2.24) is 9.80 Å². The Kier molecular flexibility index (Phi) is 4.14. The first-order valence-corrected chi connectivity index (χ1v) is 8.43. The number of nitrogens with zero attached hydrogens (tertiary/aromatic N) is 2. The Hall–Kier alpha value is -1.56. The van der Waals surface area contributed by atoms with Crippen molar-refractivity contribution >= 4 is 23.3 Å². The van der Waals surface area contributed by atoms with Gasteiger partial charge in [0.1, 0.15) is 0 Å². The van der Waals surface area contributed by atoms with Crippen LogP contribution in [0.25, 0.3) is 0 Å². The number of hydrogen-bond acceptors (Lipinski definition) is 3. The molecule has 0 aromatic carbocycles. The maximum absolute atomic E-state index is 12.8. The maximum Gasteiger partial charge on any atom is 0.314 e. The molecule has 0 bridgehead atoms. The predicted molar refractivity (Wildman–Crippen MR) is 81.9 cm³/mol. The number of urea groups is 1. The Bertz CT molecular complexity index is 517. The summed E-state index contributed by atoms with van der Waals surface area (Å²) in [6.07, 6.45) is 3.81. The molecule has 3 rings (SSSR count). The quantitative estimate of drug-likeness (QED) is 0.910. The number of rotatable bonds is 2. The lowest BCUT2D eigenvalue weighted by atomic mass is 9.96. The van der Waals surface area contributed by atoms with E-state index in [1.807, 2.05) is 11.0 Å². The van der Waals surface area contributed by atoms with Crippen molar-refractivity contribution in [1.29, 1.82) is 0 Å². The zero-order valence-corrected chi connectivity index (χ0v) is 12.8. The summed E-state index contributed by atoms with van der Waals surface area (Å²) in [5, 5.41) is 2.06. The Balaban J connectivity index is 1.70. The molecule has 2 atom stereocenters. The molecule has 0 radical (unpaired) electrons. The summed E-state index contributed by atoms with van der Waals surface area (Å²) in [6.45, 7) is 1.98. The van der Waals surface area contributed by atoms with Crippen LogP contribution in [0.5, 0.6) is 0 Å². The molecule has 3 heterocycles. The van der Waals surface area contributed by atoms with E-state index in [2.05, 4.69) is 11.4 Å². The number of amides is 3. The van der Waals surface area contributed by atoms with Crippen LogP contribution in [0.15, 0.2) is 17.5 Å². The largest absolute Gasteiger partial charge is 0.351 e. The molecule has 2 saturated heterocycles. The average Bonchev–Trinajstić information content (AvgIpc) is 3.17. The van der Waals surface area contributed by atoms with Gasteiger partial charge in [-0.3, -0.25) is 4.79 Å². The molecular formula is C15H21N3O2S. The third kappa shape index (κ3) is 2.90. The van der Waals surface area contributed by atoms with Crippen LogP contribution in [0.1, 0.15) is 36.6 Å². The predicted octanol–water partition coefficient (Wildman–Crippen LogP) is 2.20. The van der Waals surface area contributed by atoms with Crippen LogP contribution in [-0.4, -0.2) is 41.4 Å². The average molecular weight is 307 g/mol. The van der Waals surface area contributed by atoms with Crippen molar-refractivity contribution in [3.8, 4) is 0 Å². The molecule has 1 aromatic heterocycles. The van der Waals surface area contributed by atoms with E-state index in [1.54, 1.807) is 16.2 Å². The fraction of sp³-hybridized carbons (Fsp3) is 0.600. The number of carbonyl (C=O) groups is 2. The summed E-state index contributed by atoms with van der Waals surface area (Å²) < 4.78 is 0. The summed E-state index contributed by atoms with van der Waals surface area (Å²) in [7, 11) is 0. The zero-order chi connectivity index (χ0) is 14.8. The standard InChI is InChI=1S/C15H21N3O2S/c16-15(20)17-7-1-4-11(10-17)14(19)18-8-2-5-12(18)13-6-3-9-21-13/h3,6,9,11-12H,1-2,4-5,7-8,10H2,(H2,16,20). The highest BCUT2D eigenvalue weighted by Crippen LogP contribution is 2.36. The summed E-state index contributed by atoms with van der Waals surface area (Å²) in [5.41, 5.74) is 5.35. The Morgan fingerprint density at radius 3 is 2.76 bits per heavy atom. The monoisotopic (exact) mass is 307 g/mol. The van der Waals surface area contributed by atoms with Gasteiger partial charge in [0.25, 0.3) is 0 Å². The highest BCUT2D eigenvalue weighted by molar-refractivity contribution is 7.10. The molecule has 2 N–H and O–H groups in total. The summed E-state index contributed by atoms with van der Waals surface area (Å²) in [5.74, 6) is 0.101. The van der Waals surface area contributed by atoms with Gasteiger partial charge in [0.2, 0.25) is 5.91 Å². The molecule has 2 aliphatic heterocycles. The second kappa shape index (κ2) is 6.05. The first kappa shape index (κ1) is 14.4. The van der Waals surface area contributed by atoms with Crippen LogP contribution in [0, 0.1) is 5.92 Å². The molecule has 6 heteroatoms. The summed E-state index contributed by atoms with van der Waals surface area (Å²) >= 11 is 1.72. The van der Waals surface area contributed by atoms with E-state index in [-0.39, 0.29) is 17.9 Å². The van der Waals surface area contributed by atoms with Gasteiger partial charge in [-0.05, 0) is 37.1 Å². The molecule has 0 saturated carbocycles. The lowest BCUT2D eigenvalue weighted by Gasteiger charge is -2.34. The van der Waals surface area contributed by atoms with Gasteiger partial charge in [-0.1, -0.05) is 6.07 Å². The number of primary amides is 1. The SMILES string of the molecule is NC(=O)N1CCCC(C(=O)N2CCCC2c2cccs2)C1. The Morgan fingerprint density at radius 1 is 1.24 bits per heavy atom. The van der Waals surface area contributed by atoms with E-state index in [1.165, 1.54) is 4.88 Å². The summed E-state index contributed by atoms with van der Waals surface area (Å²) in [4.78, 5) is 29.0. The van der Waals surface area contributed by atoms with Crippen molar-refractivity contribution in [2.75, 3.05) is 19.6 Å². The van der Waals surface area contributed by atoms with Gasteiger partial charge in [0, 0.05) is 24.5 Å². The van der Waals surface area contributed by atoms with Crippen LogP contribution in [-0.2, 0) is 4.79 Å². The third-order valence-electron chi connectivity index (χ3n) is 4.49.